The van der Waals surface area contributed by atoms with E-state index in [2.05, 4.69) is 4.98 Å². The van der Waals surface area contributed by atoms with Gasteiger partial charge in [0.05, 0.1) is 16.2 Å². The molecule has 2 aromatic rings. The molecule has 26 heavy (non-hydrogen) atoms. The first-order valence-electron chi connectivity index (χ1n) is 8.56. The number of aromatic nitrogens is 2. The second-order valence-electron chi connectivity index (χ2n) is 8.56. The monoisotopic (exact) mass is 378 g/mol. The van der Waals surface area contributed by atoms with Crippen LogP contribution < -0.4 is 5.46 Å². The minimum absolute atomic E-state index is 0.414. The summed E-state index contributed by atoms with van der Waals surface area (Å²) in [7, 11) is -0.544. The van der Waals surface area contributed by atoms with Crippen LogP contribution >= 0.6 is 11.6 Å². The van der Waals surface area contributed by atoms with Gasteiger partial charge in [-0.25, -0.2) is 14.3 Å². The average molecular weight is 379 g/mol. The fraction of sp³-hybridized carbons (Fsp3) is 0.556. The zero-order valence-corrected chi connectivity index (χ0v) is 17.0. The quantitative estimate of drug-likeness (QED) is 0.707. The van der Waals surface area contributed by atoms with Crippen LogP contribution in [0.5, 0.6) is 0 Å². The maximum atomic E-state index is 12.4. The van der Waals surface area contributed by atoms with E-state index >= 15 is 0 Å². The van der Waals surface area contributed by atoms with Gasteiger partial charge in [-0.15, -0.1) is 0 Å². The highest BCUT2D eigenvalue weighted by Gasteiger charge is 2.51. The molecule has 0 radical (unpaired) electrons. The van der Waals surface area contributed by atoms with E-state index in [4.69, 9.17) is 25.6 Å². The fourth-order valence-electron chi connectivity index (χ4n) is 2.64. The van der Waals surface area contributed by atoms with E-state index in [1.54, 1.807) is 6.20 Å². The van der Waals surface area contributed by atoms with Crippen LogP contribution in [0.2, 0.25) is 5.02 Å². The molecule has 0 spiro atoms. The first-order chi connectivity index (χ1) is 11.8. The predicted octanol–water partition coefficient (Wildman–Crippen LogP) is 3.77. The van der Waals surface area contributed by atoms with Gasteiger partial charge in [-0.1, -0.05) is 11.6 Å². The highest BCUT2D eigenvalue weighted by molar-refractivity contribution is 6.62. The van der Waals surface area contributed by atoms with Crippen molar-refractivity contribution in [2.75, 3.05) is 0 Å². The zero-order chi connectivity index (χ0) is 19.5. The Labute approximate surface area is 158 Å². The topological polar surface area (TPSA) is 62.6 Å². The molecule has 2 aromatic heterocycles. The normalized spacial score (nSPS) is 19.2. The molecule has 0 amide bonds. The molecule has 8 heteroatoms. The Bertz CT molecular complexity index is 854. The maximum absolute atomic E-state index is 12.4. The van der Waals surface area contributed by atoms with Gasteiger partial charge in [-0.2, -0.15) is 0 Å². The number of hydrogen-bond acceptors (Lipinski definition) is 5. The van der Waals surface area contributed by atoms with Crippen molar-refractivity contribution in [1.29, 1.82) is 0 Å². The smallest absolute Gasteiger partial charge is 0.443 e. The summed E-state index contributed by atoms with van der Waals surface area (Å²) in [6.45, 7) is 13.4. The van der Waals surface area contributed by atoms with Gasteiger partial charge in [0, 0.05) is 23.2 Å². The molecule has 6 nitrogen and oxygen atoms in total. The summed E-state index contributed by atoms with van der Waals surface area (Å²) in [5.41, 5.74) is -0.315. The van der Waals surface area contributed by atoms with Gasteiger partial charge in [0.15, 0.2) is 5.65 Å². The molecule has 0 N–H and O–H groups in total. The number of hydrogen-bond donors (Lipinski definition) is 0. The summed E-state index contributed by atoms with van der Waals surface area (Å²) in [5, 5.41) is 1.06. The summed E-state index contributed by atoms with van der Waals surface area (Å²) >= 11 is 6.33. The van der Waals surface area contributed by atoms with Gasteiger partial charge in [0.1, 0.15) is 5.60 Å². The number of rotatable bonds is 1. The first-order valence-corrected chi connectivity index (χ1v) is 8.94. The summed E-state index contributed by atoms with van der Waals surface area (Å²) in [6, 6.07) is 1.84. The van der Waals surface area contributed by atoms with Gasteiger partial charge in [0.25, 0.3) is 0 Å². The highest BCUT2D eigenvalue weighted by Crippen LogP contribution is 2.36. The molecule has 1 fully saturated rings. The highest BCUT2D eigenvalue weighted by atomic mass is 35.5. The van der Waals surface area contributed by atoms with Crippen molar-refractivity contribution in [3.05, 3.63) is 23.5 Å². The molecule has 0 aromatic carbocycles. The van der Waals surface area contributed by atoms with E-state index in [1.807, 2.05) is 54.5 Å². The van der Waals surface area contributed by atoms with E-state index < -0.39 is 30.0 Å². The first kappa shape index (κ1) is 19.2. The van der Waals surface area contributed by atoms with Crippen LogP contribution in [-0.4, -0.2) is 39.6 Å². The van der Waals surface area contributed by atoms with Crippen LogP contribution in [0.25, 0.3) is 11.0 Å². The third kappa shape index (κ3) is 3.35. The van der Waals surface area contributed by atoms with Crippen molar-refractivity contribution in [3.63, 3.8) is 0 Å². The molecule has 0 saturated carbocycles. The molecule has 140 valence electrons. The van der Waals surface area contributed by atoms with Crippen LogP contribution in [0.4, 0.5) is 4.79 Å². The third-order valence-corrected chi connectivity index (χ3v) is 5.03. The number of carbonyl (C=O) groups is 1. The van der Waals surface area contributed by atoms with Crippen LogP contribution in [0.3, 0.4) is 0 Å². The van der Waals surface area contributed by atoms with Gasteiger partial charge in [0.2, 0.25) is 0 Å². The van der Waals surface area contributed by atoms with E-state index in [0.717, 1.165) is 5.46 Å². The third-order valence-electron chi connectivity index (χ3n) is 4.73. The molecule has 0 bridgehead atoms. The molecule has 1 saturated heterocycles. The molecule has 0 aliphatic carbocycles. The van der Waals surface area contributed by atoms with Gasteiger partial charge >= 0.3 is 13.2 Å². The van der Waals surface area contributed by atoms with Crippen LogP contribution in [0.1, 0.15) is 48.5 Å². The van der Waals surface area contributed by atoms with Crippen molar-refractivity contribution < 1.29 is 18.8 Å². The van der Waals surface area contributed by atoms with Crippen molar-refractivity contribution in [3.8, 4) is 0 Å². The fourth-order valence-corrected chi connectivity index (χ4v) is 2.88. The number of fused-ring (bicyclic) bond motifs is 1. The van der Waals surface area contributed by atoms with Crippen molar-refractivity contribution in [2.45, 2.75) is 65.3 Å². The number of nitrogens with zero attached hydrogens (tertiary/aromatic N) is 2. The number of carbonyl (C=O) groups excluding carboxylic acids is 1. The van der Waals surface area contributed by atoms with E-state index in [-0.39, 0.29) is 0 Å². The Morgan fingerprint density at radius 1 is 1.23 bits per heavy atom. The maximum Gasteiger partial charge on any atom is 0.496 e. The zero-order valence-electron chi connectivity index (χ0n) is 16.2. The largest absolute Gasteiger partial charge is 0.496 e. The summed E-state index contributed by atoms with van der Waals surface area (Å²) < 4.78 is 18.8. The van der Waals surface area contributed by atoms with Crippen LogP contribution in [0, 0.1) is 0 Å². The van der Waals surface area contributed by atoms with Gasteiger partial charge < -0.3 is 14.0 Å². The lowest BCUT2D eigenvalue weighted by molar-refractivity contribution is 0.00578. The molecule has 1 aliphatic heterocycles. The lowest BCUT2D eigenvalue weighted by Gasteiger charge is -2.32. The molecular formula is C18H24BClN2O4. The van der Waals surface area contributed by atoms with Crippen LogP contribution in [-0.2, 0) is 14.0 Å². The van der Waals surface area contributed by atoms with Crippen molar-refractivity contribution in [1.82, 2.24) is 9.55 Å². The van der Waals surface area contributed by atoms with Gasteiger partial charge in [-0.3, -0.25) is 0 Å². The SMILES string of the molecule is CC(C)(C)OC(=O)n1cc(Cl)c2cc(B3OC(C)(C)C(C)(C)O3)cnc21. The second-order valence-corrected chi connectivity index (χ2v) is 8.96. The Morgan fingerprint density at radius 3 is 2.35 bits per heavy atom. The predicted molar refractivity (Wildman–Crippen MR) is 102 cm³/mol. The average Bonchev–Trinajstić information content (AvgIpc) is 2.91. The van der Waals surface area contributed by atoms with Crippen molar-refractivity contribution in [2.24, 2.45) is 0 Å². The minimum atomic E-state index is -0.608. The number of ether oxygens (including phenoxy) is 1. The molecule has 3 heterocycles. The summed E-state index contributed by atoms with van der Waals surface area (Å²) in [5.74, 6) is 0. The number of halogens is 1. The van der Waals surface area contributed by atoms with Gasteiger partial charge in [-0.05, 0) is 54.5 Å². The number of pyridine rings is 1. The molecule has 0 atom stereocenters. The van der Waals surface area contributed by atoms with Crippen molar-refractivity contribution >= 4 is 41.3 Å². The Balaban J connectivity index is 1.96. The van der Waals surface area contributed by atoms with Crippen LogP contribution in [0.15, 0.2) is 18.5 Å². The van der Waals surface area contributed by atoms with E-state index in [1.165, 1.54) is 10.8 Å². The molecule has 1 aliphatic rings. The second kappa shape index (κ2) is 5.97. The lowest BCUT2D eigenvalue weighted by Crippen LogP contribution is -2.41. The Hall–Kier alpha value is -1.57. The standard InChI is InChI=1S/C18H24BClN2O4/c1-16(2,3)24-15(23)22-10-13(20)12-8-11(9-21-14(12)22)19-25-17(4,5)18(6,7)26-19/h8-10H,1-7H3. The Kier molecular flexibility index (Phi) is 4.41. The molecule has 0 unspecified atom stereocenters. The van der Waals surface area contributed by atoms with E-state index in [0.29, 0.717) is 16.1 Å². The van der Waals surface area contributed by atoms with E-state index in [9.17, 15) is 4.79 Å². The molecule has 3 rings (SSSR count). The summed E-state index contributed by atoms with van der Waals surface area (Å²) in [4.78, 5) is 16.8. The Morgan fingerprint density at radius 2 is 1.81 bits per heavy atom. The summed E-state index contributed by atoms with van der Waals surface area (Å²) in [6.07, 6.45) is 2.63. The minimum Gasteiger partial charge on any atom is -0.443 e. The lowest BCUT2D eigenvalue weighted by atomic mass is 9.80. The molecular weight excluding hydrogens is 354 g/mol.